The molecule has 0 radical (unpaired) electrons. The van der Waals surface area contributed by atoms with Gasteiger partial charge in [0.1, 0.15) is 12.2 Å². The van der Waals surface area contributed by atoms with E-state index in [2.05, 4.69) is 15.3 Å². The van der Waals surface area contributed by atoms with Gasteiger partial charge in [-0.15, -0.1) is 0 Å². The number of fused-ring (bicyclic) bond motifs is 3. The standard InChI is InChI=1S/C20H26N6O3/c1-12(2)16-8-17(22-21-16)20(29)25-10-14-5-6-15(25)9-24(14)19(28)11-26-18(27)7-4-13(3)23-26/h4,7-8,12,14-15H,5-6,9-11H2,1-3H3,(H,21,22). The molecule has 2 atom stereocenters. The fraction of sp³-hybridized carbons (Fsp3) is 0.550. The Bertz CT molecular complexity index is 994. The van der Waals surface area contributed by atoms with Crippen molar-refractivity contribution < 1.29 is 9.59 Å². The van der Waals surface area contributed by atoms with Crippen LogP contribution in [0.5, 0.6) is 0 Å². The zero-order valence-electron chi connectivity index (χ0n) is 17.0. The summed E-state index contributed by atoms with van der Waals surface area (Å²) in [5, 5.41) is 11.3. The van der Waals surface area contributed by atoms with Crippen LogP contribution >= 0.6 is 0 Å². The van der Waals surface area contributed by atoms with Crippen LogP contribution in [0.1, 0.15) is 54.5 Å². The average molecular weight is 398 g/mol. The maximum atomic E-state index is 13.0. The Morgan fingerprint density at radius 2 is 1.86 bits per heavy atom. The number of aromatic nitrogens is 4. The van der Waals surface area contributed by atoms with Gasteiger partial charge in [0.15, 0.2) is 0 Å². The predicted octanol–water partition coefficient (Wildman–Crippen LogP) is 0.914. The molecule has 154 valence electrons. The van der Waals surface area contributed by atoms with Crippen molar-refractivity contribution in [2.45, 2.75) is 58.2 Å². The van der Waals surface area contributed by atoms with Gasteiger partial charge in [-0.25, -0.2) is 4.68 Å². The number of hydrogen-bond acceptors (Lipinski definition) is 5. The lowest BCUT2D eigenvalue weighted by Gasteiger charge is -2.51. The summed E-state index contributed by atoms with van der Waals surface area (Å²) in [4.78, 5) is 41.4. The summed E-state index contributed by atoms with van der Waals surface area (Å²) in [5.74, 6) is 0.0500. The van der Waals surface area contributed by atoms with E-state index in [0.29, 0.717) is 24.5 Å². The minimum Gasteiger partial charge on any atom is -0.334 e. The summed E-state index contributed by atoms with van der Waals surface area (Å²) in [6.07, 6.45) is 1.72. The summed E-state index contributed by atoms with van der Waals surface area (Å²) < 4.78 is 1.21. The third-order valence-electron chi connectivity index (χ3n) is 5.83. The van der Waals surface area contributed by atoms with Gasteiger partial charge in [0.25, 0.3) is 11.5 Å². The maximum Gasteiger partial charge on any atom is 0.274 e. The summed E-state index contributed by atoms with van der Waals surface area (Å²) in [5.41, 5.74) is 1.76. The molecule has 5 heterocycles. The van der Waals surface area contributed by atoms with E-state index in [1.807, 2.05) is 24.8 Å². The SMILES string of the molecule is Cc1ccc(=O)n(CC(=O)N2CC3CCC2CN3C(=O)c2cc(C(C)C)[nH]n2)n1. The molecule has 0 aromatic carbocycles. The number of carbonyl (C=O) groups is 2. The molecule has 0 saturated carbocycles. The van der Waals surface area contributed by atoms with Gasteiger partial charge in [0.05, 0.1) is 5.69 Å². The van der Waals surface area contributed by atoms with Crippen LogP contribution in [-0.2, 0) is 11.3 Å². The molecule has 0 spiro atoms. The molecule has 9 nitrogen and oxygen atoms in total. The number of hydrogen-bond donors (Lipinski definition) is 1. The molecule has 2 bridgehead atoms. The van der Waals surface area contributed by atoms with Crippen LogP contribution in [0.2, 0.25) is 0 Å². The third-order valence-corrected chi connectivity index (χ3v) is 5.83. The van der Waals surface area contributed by atoms with E-state index in [1.54, 1.807) is 17.9 Å². The zero-order chi connectivity index (χ0) is 20.7. The van der Waals surface area contributed by atoms with Crippen LogP contribution in [0.3, 0.4) is 0 Å². The number of nitrogens with one attached hydrogen (secondary N) is 1. The average Bonchev–Trinajstić information content (AvgIpc) is 3.21. The fourth-order valence-electron chi connectivity index (χ4n) is 4.15. The molecule has 29 heavy (non-hydrogen) atoms. The van der Waals surface area contributed by atoms with Crippen molar-refractivity contribution >= 4 is 11.8 Å². The molecule has 2 amide bonds. The largest absolute Gasteiger partial charge is 0.334 e. The van der Waals surface area contributed by atoms with Crippen molar-refractivity contribution in [3.8, 4) is 0 Å². The Hall–Kier alpha value is -2.97. The first-order chi connectivity index (χ1) is 13.8. The maximum absolute atomic E-state index is 13.0. The second-order valence-electron chi connectivity index (χ2n) is 8.22. The van der Waals surface area contributed by atoms with Gasteiger partial charge in [0, 0.05) is 36.9 Å². The predicted molar refractivity (Wildman–Crippen MR) is 105 cm³/mol. The molecule has 1 N–H and O–H groups in total. The van der Waals surface area contributed by atoms with Crippen molar-refractivity contribution in [1.29, 1.82) is 0 Å². The van der Waals surface area contributed by atoms with Gasteiger partial charge < -0.3 is 9.80 Å². The number of piperidine rings is 2. The van der Waals surface area contributed by atoms with Crippen molar-refractivity contribution in [2.75, 3.05) is 13.1 Å². The number of aryl methyl sites for hydroxylation is 1. The molecule has 3 saturated heterocycles. The first-order valence-corrected chi connectivity index (χ1v) is 10.0. The van der Waals surface area contributed by atoms with Crippen LogP contribution in [0, 0.1) is 6.92 Å². The van der Waals surface area contributed by atoms with Crippen LogP contribution in [0.25, 0.3) is 0 Å². The van der Waals surface area contributed by atoms with Crippen LogP contribution < -0.4 is 5.56 Å². The van der Waals surface area contributed by atoms with E-state index in [-0.39, 0.29) is 41.9 Å². The molecule has 2 aromatic heterocycles. The molecule has 3 fully saturated rings. The van der Waals surface area contributed by atoms with Gasteiger partial charge in [0.2, 0.25) is 5.91 Å². The van der Waals surface area contributed by atoms with E-state index in [0.717, 1.165) is 18.5 Å². The molecular weight excluding hydrogens is 372 g/mol. The van der Waals surface area contributed by atoms with E-state index >= 15 is 0 Å². The Morgan fingerprint density at radius 3 is 2.48 bits per heavy atom. The number of H-pyrrole nitrogens is 1. The third kappa shape index (κ3) is 3.68. The topological polar surface area (TPSA) is 104 Å². The van der Waals surface area contributed by atoms with Crippen molar-refractivity contribution in [2.24, 2.45) is 0 Å². The van der Waals surface area contributed by atoms with Gasteiger partial charge in [-0.2, -0.15) is 10.2 Å². The molecule has 3 aliphatic rings. The van der Waals surface area contributed by atoms with Crippen molar-refractivity contribution in [1.82, 2.24) is 29.8 Å². The molecular formula is C20H26N6O3. The quantitative estimate of drug-likeness (QED) is 0.825. The number of nitrogens with zero attached hydrogens (tertiary/aromatic N) is 5. The molecule has 2 aromatic rings. The minimum atomic E-state index is -0.289. The Morgan fingerprint density at radius 1 is 1.17 bits per heavy atom. The van der Waals surface area contributed by atoms with Gasteiger partial charge in [-0.1, -0.05) is 13.8 Å². The highest BCUT2D eigenvalue weighted by atomic mass is 16.2. The smallest absolute Gasteiger partial charge is 0.274 e. The second kappa shape index (κ2) is 7.46. The van der Waals surface area contributed by atoms with Gasteiger partial charge >= 0.3 is 0 Å². The first kappa shape index (κ1) is 19.4. The van der Waals surface area contributed by atoms with Gasteiger partial charge in [-0.05, 0) is 37.8 Å². The summed E-state index contributed by atoms with van der Waals surface area (Å²) in [7, 11) is 0. The molecule has 9 heteroatoms. The van der Waals surface area contributed by atoms with Crippen LogP contribution in [0.15, 0.2) is 23.0 Å². The van der Waals surface area contributed by atoms with Gasteiger partial charge in [-0.3, -0.25) is 19.5 Å². The highest BCUT2D eigenvalue weighted by Crippen LogP contribution is 2.30. The number of piperazine rings is 1. The molecule has 0 aliphatic carbocycles. The number of rotatable bonds is 4. The highest BCUT2D eigenvalue weighted by molar-refractivity contribution is 5.93. The molecule has 3 aliphatic heterocycles. The van der Waals surface area contributed by atoms with E-state index in [1.165, 1.54) is 10.7 Å². The van der Waals surface area contributed by atoms with Crippen molar-refractivity contribution in [3.05, 3.63) is 45.6 Å². The lowest BCUT2D eigenvalue weighted by atomic mass is 9.90. The first-order valence-electron chi connectivity index (χ1n) is 10.0. The lowest BCUT2D eigenvalue weighted by molar-refractivity contribution is -0.141. The van der Waals surface area contributed by atoms with Crippen molar-refractivity contribution in [3.63, 3.8) is 0 Å². The number of aromatic amines is 1. The lowest BCUT2D eigenvalue weighted by Crippen LogP contribution is -2.65. The molecule has 2 unspecified atom stereocenters. The summed E-state index contributed by atoms with van der Waals surface area (Å²) in [6, 6.07) is 4.80. The number of carbonyl (C=O) groups excluding carboxylic acids is 2. The zero-order valence-corrected chi connectivity index (χ0v) is 17.0. The Kier molecular flexibility index (Phi) is 4.97. The normalized spacial score (nSPS) is 21.1. The highest BCUT2D eigenvalue weighted by Gasteiger charge is 2.43. The summed E-state index contributed by atoms with van der Waals surface area (Å²) in [6.45, 7) is 6.78. The Labute approximate surface area is 168 Å². The minimum absolute atomic E-state index is 0.0298. The number of amides is 2. The monoisotopic (exact) mass is 398 g/mol. The Balaban J connectivity index is 1.46. The van der Waals surface area contributed by atoms with E-state index in [9.17, 15) is 14.4 Å². The van der Waals surface area contributed by atoms with E-state index in [4.69, 9.17) is 0 Å². The fourth-order valence-corrected chi connectivity index (χ4v) is 4.15. The second-order valence-corrected chi connectivity index (χ2v) is 8.22. The van der Waals surface area contributed by atoms with Crippen LogP contribution in [-0.4, -0.2) is 66.8 Å². The van der Waals surface area contributed by atoms with E-state index < -0.39 is 0 Å². The summed E-state index contributed by atoms with van der Waals surface area (Å²) >= 11 is 0. The molecule has 5 rings (SSSR count). The van der Waals surface area contributed by atoms with Crippen LogP contribution in [0.4, 0.5) is 0 Å².